The van der Waals surface area contributed by atoms with E-state index in [1.165, 1.54) is 0 Å². The van der Waals surface area contributed by atoms with E-state index < -0.39 is 0 Å². The Balaban J connectivity index is 2.49. The van der Waals surface area contributed by atoms with Gasteiger partial charge in [-0.1, -0.05) is 17.7 Å². The molecule has 0 aliphatic rings. The van der Waals surface area contributed by atoms with E-state index in [-0.39, 0.29) is 19.1 Å². The first-order valence-electron chi connectivity index (χ1n) is 5.88. The van der Waals surface area contributed by atoms with Crippen molar-refractivity contribution in [3.8, 4) is 0 Å². The zero-order chi connectivity index (χ0) is 13.5. The van der Waals surface area contributed by atoms with Crippen LogP contribution in [0.15, 0.2) is 18.2 Å². The van der Waals surface area contributed by atoms with Crippen molar-refractivity contribution in [2.24, 2.45) is 0 Å². The smallest absolute Gasteiger partial charge is 0.238 e. The Morgan fingerprint density at radius 2 is 2.22 bits per heavy atom. The second-order valence-corrected chi connectivity index (χ2v) is 4.75. The summed E-state index contributed by atoms with van der Waals surface area (Å²) >= 11 is 6.03. The highest BCUT2D eigenvalue weighted by Gasteiger charge is 2.08. The first-order chi connectivity index (χ1) is 8.52. The molecule has 100 valence electrons. The van der Waals surface area contributed by atoms with E-state index in [4.69, 9.17) is 16.7 Å². The van der Waals surface area contributed by atoms with Gasteiger partial charge in [0.1, 0.15) is 0 Å². The summed E-state index contributed by atoms with van der Waals surface area (Å²) in [5.74, 6) is -0.110. The molecule has 1 amide bonds. The molecule has 1 aromatic carbocycles. The number of anilines is 1. The fraction of sp³-hybridized carbons (Fsp3) is 0.462. The second kappa shape index (κ2) is 7.36. The molecule has 0 heterocycles. The maximum absolute atomic E-state index is 11.7. The number of carbonyl (C=O) groups is 1. The molecule has 18 heavy (non-hydrogen) atoms. The Hall–Kier alpha value is -1.10. The molecule has 0 aromatic heterocycles. The molecule has 0 radical (unpaired) electrons. The standard InChI is InChI=1S/C13H19ClN2O2/c1-10-4-5-12(11(14)8-10)15-13(18)9-16(2)6-3-7-17/h4-5,8,17H,3,6-7,9H2,1-2H3,(H,15,18). The predicted molar refractivity (Wildman–Crippen MR) is 74.0 cm³/mol. The Morgan fingerprint density at radius 3 is 2.83 bits per heavy atom. The second-order valence-electron chi connectivity index (χ2n) is 4.35. The SMILES string of the molecule is Cc1ccc(NC(=O)CN(C)CCCO)c(Cl)c1. The largest absolute Gasteiger partial charge is 0.396 e. The summed E-state index contributed by atoms with van der Waals surface area (Å²) in [6.45, 7) is 3.05. The molecule has 0 saturated carbocycles. The Morgan fingerprint density at radius 1 is 1.50 bits per heavy atom. The summed E-state index contributed by atoms with van der Waals surface area (Å²) in [7, 11) is 1.84. The van der Waals surface area contributed by atoms with E-state index in [1.807, 2.05) is 31.0 Å². The van der Waals surface area contributed by atoms with Gasteiger partial charge in [0.05, 0.1) is 17.3 Å². The van der Waals surface area contributed by atoms with Gasteiger partial charge in [-0.05, 0) is 38.1 Å². The van der Waals surface area contributed by atoms with Gasteiger partial charge in [-0.15, -0.1) is 0 Å². The summed E-state index contributed by atoms with van der Waals surface area (Å²) in [6, 6.07) is 5.51. The average Bonchev–Trinajstić information content (AvgIpc) is 2.30. The van der Waals surface area contributed by atoms with Crippen molar-refractivity contribution in [2.45, 2.75) is 13.3 Å². The van der Waals surface area contributed by atoms with Crippen LogP contribution in [0.25, 0.3) is 0 Å². The highest BCUT2D eigenvalue weighted by atomic mass is 35.5. The van der Waals surface area contributed by atoms with Gasteiger partial charge < -0.3 is 10.4 Å². The van der Waals surface area contributed by atoms with Crippen molar-refractivity contribution in [1.82, 2.24) is 4.90 Å². The molecule has 0 bridgehead atoms. The number of nitrogens with zero attached hydrogens (tertiary/aromatic N) is 1. The van der Waals surface area contributed by atoms with Crippen LogP contribution in [0.4, 0.5) is 5.69 Å². The number of hydrogen-bond acceptors (Lipinski definition) is 3. The molecule has 0 atom stereocenters. The zero-order valence-electron chi connectivity index (χ0n) is 10.7. The van der Waals surface area contributed by atoms with Gasteiger partial charge in [-0.25, -0.2) is 0 Å². The van der Waals surface area contributed by atoms with Gasteiger partial charge in [0.15, 0.2) is 0 Å². The van der Waals surface area contributed by atoms with Gasteiger partial charge in [0, 0.05) is 13.2 Å². The van der Waals surface area contributed by atoms with Gasteiger partial charge in [0.2, 0.25) is 5.91 Å². The molecule has 0 aliphatic carbocycles. The van der Waals surface area contributed by atoms with Crippen LogP contribution < -0.4 is 5.32 Å². The zero-order valence-corrected chi connectivity index (χ0v) is 11.5. The van der Waals surface area contributed by atoms with Gasteiger partial charge >= 0.3 is 0 Å². The number of hydrogen-bond donors (Lipinski definition) is 2. The fourth-order valence-corrected chi connectivity index (χ4v) is 1.86. The summed E-state index contributed by atoms with van der Waals surface area (Å²) in [5.41, 5.74) is 1.68. The highest BCUT2D eigenvalue weighted by Crippen LogP contribution is 2.22. The first-order valence-corrected chi connectivity index (χ1v) is 6.26. The number of benzene rings is 1. The maximum Gasteiger partial charge on any atom is 0.238 e. The number of aliphatic hydroxyl groups is 1. The molecule has 0 spiro atoms. The van der Waals surface area contributed by atoms with Crippen molar-refractivity contribution >= 4 is 23.2 Å². The van der Waals surface area contributed by atoms with E-state index >= 15 is 0 Å². The summed E-state index contributed by atoms with van der Waals surface area (Å²) < 4.78 is 0. The number of nitrogens with one attached hydrogen (secondary N) is 1. The highest BCUT2D eigenvalue weighted by molar-refractivity contribution is 6.33. The average molecular weight is 271 g/mol. The summed E-state index contributed by atoms with van der Waals surface area (Å²) in [6.07, 6.45) is 0.662. The lowest BCUT2D eigenvalue weighted by Gasteiger charge is -2.16. The number of aliphatic hydroxyl groups excluding tert-OH is 1. The fourth-order valence-electron chi connectivity index (χ4n) is 1.58. The van der Waals surface area contributed by atoms with Crippen molar-refractivity contribution < 1.29 is 9.90 Å². The minimum absolute atomic E-state index is 0.110. The van der Waals surface area contributed by atoms with Crippen LogP contribution in [-0.2, 0) is 4.79 Å². The van der Waals surface area contributed by atoms with E-state index in [0.29, 0.717) is 23.7 Å². The maximum atomic E-state index is 11.7. The Labute approximate surface area is 113 Å². The van der Waals surface area contributed by atoms with Crippen LogP contribution in [-0.4, -0.2) is 42.7 Å². The van der Waals surface area contributed by atoms with E-state index in [1.54, 1.807) is 6.07 Å². The minimum Gasteiger partial charge on any atom is -0.396 e. The molecule has 0 unspecified atom stereocenters. The Bertz CT molecular complexity index is 410. The third-order valence-electron chi connectivity index (χ3n) is 2.51. The van der Waals surface area contributed by atoms with Crippen LogP contribution in [0, 0.1) is 6.92 Å². The van der Waals surface area contributed by atoms with Gasteiger partial charge in [0.25, 0.3) is 0 Å². The molecule has 0 fully saturated rings. The van der Waals surface area contributed by atoms with Crippen LogP contribution in [0.1, 0.15) is 12.0 Å². The molecular weight excluding hydrogens is 252 g/mol. The number of aryl methyl sites for hydroxylation is 1. The molecule has 1 rings (SSSR count). The molecule has 0 aliphatic heterocycles. The normalized spacial score (nSPS) is 10.7. The monoisotopic (exact) mass is 270 g/mol. The minimum atomic E-state index is -0.110. The number of amides is 1. The molecular formula is C13H19ClN2O2. The first kappa shape index (κ1) is 15.0. The third kappa shape index (κ3) is 5.04. The van der Waals surface area contributed by atoms with Crippen molar-refractivity contribution in [3.63, 3.8) is 0 Å². The predicted octanol–water partition coefficient (Wildman–Crippen LogP) is 1.90. The van der Waals surface area contributed by atoms with E-state index in [0.717, 1.165) is 5.56 Å². The van der Waals surface area contributed by atoms with Crippen LogP contribution >= 0.6 is 11.6 Å². The number of carbonyl (C=O) groups excluding carboxylic acids is 1. The molecule has 0 saturated heterocycles. The summed E-state index contributed by atoms with van der Waals surface area (Å²) in [5, 5.41) is 12.0. The number of likely N-dealkylation sites (N-methyl/N-ethyl adjacent to an activating group) is 1. The lowest BCUT2D eigenvalue weighted by molar-refractivity contribution is -0.117. The lowest BCUT2D eigenvalue weighted by Crippen LogP contribution is -2.31. The van der Waals surface area contributed by atoms with E-state index in [9.17, 15) is 4.79 Å². The lowest BCUT2D eigenvalue weighted by atomic mass is 10.2. The van der Waals surface area contributed by atoms with E-state index in [2.05, 4.69) is 5.32 Å². The molecule has 2 N–H and O–H groups in total. The Kier molecular flexibility index (Phi) is 6.12. The van der Waals surface area contributed by atoms with Crippen molar-refractivity contribution in [1.29, 1.82) is 0 Å². The number of rotatable bonds is 6. The quantitative estimate of drug-likeness (QED) is 0.830. The van der Waals surface area contributed by atoms with Gasteiger partial charge in [-0.3, -0.25) is 9.69 Å². The van der Waals surface area contributed by atoms with Crippen molar-refractivity contribution in [3.05, 3.63) is 28.8 Å². The van der Waals surface area contributed by atoms with Crippen LogP contribution in [0.2, 0.25) is 5.02 Å². The molecule has 1 aromatic rings. The van der Waals surface area contributed by atoms with Crippen molar-refractivity contribution in [2.75, 3.05) is 32.1 Å². The molecule has 4 nitrogen and oxygen atoms in total. The number of halogens is 1. The van der Waals surface area contributed by atoms with Crippen LogP contribution in [0.3, 0.4) is 0 Å². The van der Waals surface area contributed by atoms with Gasteiger partial charge in [-0.2, -0.15) is 0 Å². The summed E-state index contributed by atoms with van der Waals surface area (Å²) in [4.78, 5) is 13.6. The topological polar surface area (TPSA) is 52.6 Å². The van der Waals surface area contributed by atoms with Crippen LogP contribution in [0.5, 0.6) is 0 Å². The third-order valence-corrected chi connectivity index (χ3v) is 2.82. The molecule has 5 heteroatoms.